The number of benzene rings is 3. The van der Waals surface area contributed by atoms with E-state index in [9.17, 15) is 9.36 Å². The van der Waals surface area contributed by atoms with Gasteiger partial charge in [-0.15, -0.1) is 0 Å². The fourth-order valence-electron chi connectivity index (χ4n) is 2.64. The van der Waals surface area contributed by atoms with Gasteiger partial charge in [-0.05, 0) is 31.2 Å². The van der Waals surface area contributed by atoms with Gasteiger partial charge in [0, 0.05) is 21.5 Å². The van der Waals surface area contributed by atoms with Crippen LogP contribution in [0.3, 0.4) is 0 Å². The molecule has 0 saturated heterocycles. The Bertz CT molecular complexity index is 918. The van der Waals surface area contributed by atoms with Gasteiger partial charge in [-0.1, -0.05) is 67.2 Å². The van der Waals surface area contributed by atoms with Gasteiger partial charge in [0.1, 0.15) is 5.75 Å². The van der Waals surface area contributed by atoms with Crippen molar-refractivity contribution in [1.82, 2.24) is 0 Å². The average Bonchev–Trinajstić information content (AvgIpc) is 2.69. The van der Waals surface area contributed by atoms with Gasteiger partial charge in [0.2, 0.25) is 0 Å². The smallest absolute Gasteiger partial charge is 0.338 e. The highest BCUT2D eigenvalue weighted by atomic mass is 31.2. The van der Waals surface area contributed by atoms with Gasteiger partial charge in [0.15, 0.2) is 7.14 Å². The summed E-state index contributed by atoms with van der Waals surface area (Å²) in [6, 6.07) is 25.7. The summed E-state index contributed by atoms with van der Waals surface area (Å²) in [7, 11) is -3.01. The Kier molecular flexibility index (Phi) is 5.20. The second-order valence-corrected chi connectivity index (χ2v) is 8.71. The lowest BCUT2D eigenvalue weighted by atomic mass is 10.3. The SMILES string of the molecule is C=C(C)C(=O)Oc1ccc(P(=O)(c2ccccc2)c2ccccc2)cc1. The first kappa shape index (κ1) is 17.9. The van der Waals surface area contributed by atoms with E-state index in [1.54, 1.807) is 31.2 Å². The van der Waals surface area contributed by atoms with Crippen molar-refractivity contribution in [1.29, 1.82) is 0 Å². The van der Waals surface area contributed by atoms with Crippen molar-refractivity contribution in [2.45, 2.75) is 6.92 Å². The highest BCUT2D eigenvalue weighted by molar-refractivity contribution is 7.85. The third-order valence-corrected chi connectivity index (χ3v) is 7.08. The minimum absolute atomic E-state index is 0.327. The van der Waals surface area contributed by atoms with Crippen LogP contribution in [0.4, 0.5) is 0 Å². The van der Waals surface area contributed by atoms with Crippen molar-refractivity contribution in [3.05, 3.63) is 97.1 Å². The molecule has 0 N–H and O–H groups in total. The van der Waals surface area contributed by atoms with Crippen LogP contribution < -0.4 is 20.7 Å². The van der Waals surface area contributed by atoms with Crippen LogP contribution in [0, 0.1) is 0 Å². The lowest BCUT2D eigenvalue weighted by Gasteiger charge is -2.20. The molecule has 0 spiro atoms. The summed E-state index contributed by atoms with van der Waals surface area (Å²) in [6.07, 6.45) is 0. The van der Waals surface area contributed by atoms with Crippen molar-refractivity contribution in [3.63, 3.8) is 0 Å². The Labute approximate surface area is 153 Å². The highest BCUT2D eigenvalue weighted by Gasteiger charge is 2.29. The van der Waals surface area contributed by atoms with Gasteiger partial charge in [-0.2, -0.15) is 0 Å². The quantitative estimate of drug-likeness (QED) is 0.300. The molecule has 0 radical (unpaired) electrons. The van der Waals surface area contributed by atoms with E-state index in [-0.39, 0.29) is 0 Å². The Morgan fingerprint density at radius 1 is 0.769 bits per heavy atom. The van der Waals surface area contributed by atoms with Crippen molar-refractivity contribution in [2.75, 3.05) is 0 Å². The van der Waals surface area contributed by atoms with E-state index in [1.165, 1.54) is 0 Å². The Balaban J connectivity index is 2.05. The van der Waals surface area contributed by atoms with Crippen LogP contribution in [0.15, 0.2) is 97.1 Å². The zero-order chi connectivity index (χ0) is 18.6. The standard InChI is InChI=1S/C22H19O3P/c1-17(2)22(23)25-18-13-15-21(16-14-18)26(24,19-9-5-3-6-10-19)20-11-7-4-8-12-20/h3-16H,1H2,2H3. The predicted molar refractivity (Wildman–Crippen MR) is 106 cm³/mol. The molecule has 4 heteroatoms. The summed E-state index contributed by atoms with van der Waals surface area (Å²) in [4.78, 5) is 11.7. The third kappa shape index (κ3) is 3.54. The molecule has 0 bridgehead atoms. The molecule has 0 aliphatic carbocycles. The topological polar surface area (TPSA) is 43.4 Å². The molecule has 3 rings (SSSR count). The zero-order valence-electron chi connectivity index (χ0n) is 14.5. The molecule has 3 aromatic rings. The molecule has 3 nitrogen and oxygen atoms in total. The number of esters is 1. The van der Waals surface area contributed by atoms with Crippen LogP contribution in [0.25, 0.3) is 0 Å². The number of hydrogen-bond acceptors (Lipinski definition) is 3. The molecular weight excluding hydrogens is 343 g/mol. The molecule has 0 atom stereocenters. The molecule has 0 unspecified atom stereocenters. The van der Waals surface area contributed by atoms with Gasteiger partial charge in [0.05, 0.1) is 0 Å². The summed E-state index contributed by atoms with van der Waals surface area (Å²) in [5.74, 6) is -0.0820. The predicted octanol–water partition coefficient (Wildman–Crippen LogP) is 3.81. The molecule has 0 amide bonds. The number of hydrogen-bond donors (Lipinski definition) is 0. The zero-order valence-corrected chi connectivity index (χ0v) is 15.4. The van der Waals surface area contributed by atoms with E-state index >= 15 is 0 Å². The monoisotopic (exact) mass is 362 g/mol. The first-order chi connectivity index (χ1) is 12.5. The molecule has 0 heterocycles. The second kappa shape index (κ2) is 7.55. The molecule has 130 valence electrons. The van der Waals surface area contributed by atoms with Crippen LogP contribution in [0.5, 0.6) is 5.75 Å². The largest absolute Gasteiger partial charge is 0.423 e. The van der Waals surface area contributed by atoms with E-state index in [2.05, 4.69) is 6.58 Å². The summed E-state index contributed by atoms with van der Waals surface area (Å²) in [6.45, 7) is 5.16. The van der Waals surface area contributed by atoms with E-state index in [4.69, 9.17) is 4.74 Å². The van der Waals surface area contributed by atoms with Crippen molar-refractivity contribution >= 4 is 29.0 Å². The number of rotatable bonds is 5. The number of carbonyl (C=O) groups is 1. The summed E-state index contributed by atoms with van der Waals surface area (Å²) < 4.78 is 19.4. The maximum atomic E-state index is 14.1. The summed E-state index contributed by atoms with van der Waals surface area (Å²) in [5.41, 5.74) is 0.327. The van der Waals surface area contributed by atoms with E-state index in [1.807, 2.05) is 60.7 Å². The lowest BCUT2D eigenvalue weighted by molar-refractivity contribution is -0.130. The first-order valence-corrected chi connectivity index (χ1v) is 9.92. The number of ether oxygens (including phenoxy) is 1. The van der Waals surface area contributed by atoms with E-state index < -0.39 is 13.1 Å². The van der Waals surface area contributed by atoms with Crippen LogP contribution in [-0.2, 0) is 9.36 Å². The van der Waals surface area contributed by atoms with E-state index in [0.717, 1.165) is 10.6 Å². The average molecular weight is 362 g/mol. The van der Waals surface area contributed by atoms with Gasteiger partial charge in [0.25, 0.3) is 0 Å². The van der Waals surface area contributed by atoms with Crippen LogP contribution in [0.1, 0.15) is 6.92 Å². The Morgan fingerprint density at radius 3 is 1.62 bits per heavy atom. The van der Waals surface area contributed by atoms with Crippen LogP contribution in [0.2, 0.25) is 0 Å². The van der Waals surface area contributed by atoms with Crippen molar-refractivity contribution in [3.8, 4) is 5.75 Å². The lowest BCUT2D eigenvalue weighted by Crippen LogP contribution is -2.24. The highest BCUT2D eigenvalue weighted by Crippen LogP contribution is 2.42. The minimum Gasteiger partial charge on any atom is -0.423 e. The summed E-state index contributed by atoms with van der Waals surface area (Å²) >= 11 is 0. The minimum atomic E-state index is -3.01. The first-order valence-electron chi connectivity index (χ1n) is 8.21. The Morgan fingerprint density at radius 2 is 1.19 bits per heavy atom. The molecule has 0 aliphatic heterocycles. The van der Waals surface area contributed by atoms with Gasteiger partial charge >= 0.3 is 5.97 Å². The summed E-state index contributed by atoms with van der Waals surface area (Å²) in [5, 5.41) is 2.21. The Hall–Kier alpha value is -2.90. The van der Waals surface area contributed by atoms with Gasteiger partial charge in [-0.25, -0.2) is 4.79 Å². The van der Waals surface area contributed by atoms with Gasteiger partial charge < -0.3 is 9.30 Å². The van der Waals surface area contributed by atoms with Crippen molar-refractivity contribution < 1.29 is 14.1 Å². The third-order valence-electron chi connectivity index (χ3n) is 4.00. The molecule has 0 saturated carbocycles. The molecule has 0 aliphatic rings. The maximum Gasteiger partial charge on any atom is 0.338 e. The molecule has 0 aromatic heterocycles. The second-order valence-electron chi connectivity index (χ2n) is 5.94. The maximum absolute atomic E-state index is 14.1. The number of carbonyl (C=O) groups excluding carboxylic acids is 1. The molecular formula is C22H19O3P. The fraction of sp³-hybridized carbons (Fsp3) is 0.0455. The van der Waals surface area contributed by atoms with E-state index in [0.29, 0.717) is 16.6 Å². The molecule has 0 fully saturated rings. The molecule has 3 aromatic carbocycles. The fourth-order valence-corrected chi connectivity index (χ4v) is 5.29. The van der Waals surface area contributed by atoms with Crippen LogP contribution in [-0.4, -0.2) is 5.97 Å². The normalized spacial score (nSPS) is 11.0. The van der Waals surface area contributed by atoms with Crippen molar-refractivity contribution in [2.24, 2.45) is 0 Å². The van der Waals surface area contributed by atoms with Crippen LogP contribution >= 0.6 is 7.14 Å². The van der Waals surface area contributed by atoms with Gasteiger partial charge in [-0.3, -0.25) is 0 Å². The molecule has 26 heavy (non-hydrogen) atoms.